The Morgan fingerprint density at radius 2 is 1.54 bits per heavy atom. The van der Waals surface area contributed by atoms with Crippen LogP contribution in [0.15, 0.2) is 54.6 Å². The topological polar surface area (TPSA) is 157 Å². The van der Waals surface area contributed by atoms with Crippen LogP contribution >= 0.6 is 0 Å². The number of nitrogens with zero attached hydrogens (tertiary/aromatic N) is 2. The smallest absolute Gasteiger partial charge is 0.255 e. The highest BCUT2D eigenvalue weighted by atomic mass is 19.2. The number of piperidine rings is 2. The maximum atomic E-state index is 16.2. The monoisotopic (exact) mass is 914 g/mol. The Kier molecular flexibility index (Phi) is 10.4. The fourth-order valence-electron chi connectivity index (χ4n) is 13.7. The lowest BCUT2D eigenvalue weighted by atomic mass is 9.55. The molecule has 2 spiro atoms. The highest BCUT2D eigenvalue weighted by molar-refractivity contribution is 6.10. The van der Waals surface area contributed by atoms with E-state index in [9.17, 15) is 28.4 Å². The molecule has 7 fully saturated rings. The van der Waals surface area contributed by atoms with Gasteiger partial charge in [-0.15, -0.1) is 0 Å². The van der Waals surface area contributed by atoms with Gasteiger partial charge in [-0.25, -0.2) is 13.2 Å². The van der Waals surface area contributed by atoms with E-state index in [0.29, 0.717) is 88.4 Å². The second-order valence-corrected chi connectivity index (χ2v) is 20.5. The van der Waals surface area contributed by atoms with Crippen LogP contribution in [-0.4, -0.2) is 81.5 Å². The van der Waals surface area contributed by atoms with Crippen molar-refractivity contribution < 1.29 is 41.9 Å². The summed E-state index contributed by atoms with van der Waals surface area (Å²) in [6, 6.07) is 11.6. The third kappa shape index (κ3) is 6.74. The molecular weight excluding hydrogens is 862 g/mol. The molecule has 4 aliphatic carbocycles. The molecule has 3 saturated heterocycles. The number of amides is 6. The fourth-order valence-corrected chi connectivity index (χ4v) is 13.7. The fraction of sp³-hybridized carbons (Fsp3) is 0.500. The number of carbonyl (C=O) groups is 6. The highest BCUT2D eigenvalue weighted by Crippen LogP contribution is 2.63. The van der Waals surface area contributed by atoms with Crippen molar-refractivity contribution in [1.29, 1.82) is 0 Å². The first-order valence-electron chi connectivity index (χ1n) is 24.0. The summed E-state index contributed by atoms with van der Waals surface area (Å²) in [6.45, 7) is 1.37. The molecule has 6 amide bonds. The number of carbonyl (C=O) groups excluding carboxylic acids is 6. The van der Waals surface area contributed by atoms with Gasteiger partial charge in [0.2, 0.25) is 29.5 Å². The first kappa shape index (κ1) is 43.6. The van der Waals surface area contributed by atoms with E-state index in [2.05, 4.69) is 33.1 Å². The largest absolute Gasteiger partial charge is 0.349 e. The van der Waals surface area contributed by atoms with Gasteiger partial charge in [-0.05, 0) is 118 Å². The van der Waals surface area contributed by atoms with E-state index in [4.69, 9.17) is 0 Å². The number of hydrogen-bond donors (Lipinski definition) is 4. The van der Waals surface area contributed by atoms with E-state index in [0.717, 1.165) is 36.5 Å². The van der Waals surface area contributed by atoms with Gasteiger partial charge in [-0.3, -0.25) is 39.4 Å². The summed E-state index contributed by atoms with van der Waals surface area (Å²) in [5.74, 6) is 1.10. The number of anilines is 1. The quantitative estimate of drug-likeness (QED) is 0.181. The summed E-state index contributed by atoms with van der Waals surface area (Å²) in [6.07, 6.45) is 8.81. The normalized spacial score (nSPS) is 30.8. The molecule has 67 heavy (non-hydrogen) atoms. The maximum absolute atomic E-state index is 16.2. The summed E-state index contributed by atoms with van der Waals surface area (Å²) >= 11 is 0. The number of nitrogens with one attached hydrogen (secondary N) is 4. The number of halogens is 3. The van der Waals surface area contributed by atoms with E-state index in [1.807, 2.05) is 11.0 Å². The molecule has 3 aromatic rings. The number of imide groups is 1. The van der Waals surface area contributed by atoms with Crippen molar-refractivity contribution in [3.63, 3.8) is 0 Å². The average Bonchev–Trinajstić information content (AvgIpc) is 3.93. The molecule has 5 aliphatic heterocycles. The van der Waals surface area contributed by atoms with Gasteiger partial charge in [0, 0.05) is 71.2 Å². The van der Waals surface area contributed by atoms with Crippen LogP contribution in [-0.2, 0) is 35.9 Å². The van der Waals surface area contributed by atoms with Crippen molar-refractivity contribution in [2.75, 3.05) is 18.4 Å². The summed E-state index contributed by atoms with van der Waals surface area (Å²) < 4.78 is 46.1. The second kappa shape index (κ2) is 16.1. The van der Waals surface area contributed by atoms with Gasteiger partial charge >= 0.3 is 0 Å². The van der Waals surface area contributed by atoms with Gasteiger partial charge in [-0.1, -0.05) is 55.4 Å². The maximum Gasteiger partial charge on any atom is 0.255 e. The molecule has 2 bridgehead atoms. The van der Waals surface area contributed by atoms with Crippen LogP contribution in [0.2, 0.25) is 0 Å². The zero-order valence-corrected chi connectivity index (χ0v) is 37.2. The predicted octanol–water partition coefficient (Wildman–Crippen LogP) is 6.01. The van der Waals surface area contributed by atoms with Gasteiger partial charge in [0.1, 0.15) is 17.3 Å². The van der Waals surface area contributed by atoms with Crippen molar-refractivity contribution in [3.05, 3.63) is 99.9 Å². The zero-order chi connectivity index (χ0) is 46.5. The SMILES string of the molecule is O=C1CCC(N2Cc3c(C#CC4CCN(C(=O)C56CCC(NC(=O)[C@@H]7NC8(CCCCC8)[C@@]8(C(=O)Nc9cc(F)ccc98)[C@H]7c7cccc(F)c7F)(CC5)CC6)CC4)cccc3C2=O)C(=O)N1. The molecule has 12 nitrogen and oxygen atoms in total. The number of benzene rings is 3. The first-order chi connectivity index (χ1) is 32.3. The third-order valence-electron chi connectivity index (χ3n) is 17.2. The molecular formula is C52H53F3N6O6. The highest BCUT2D eigenvalue weighted by Gasteiger charge is 2.72. The van der Waals surface area contributed by atoms with Gasteiger partial charge in [0.15, 0.2) is 11.6 Å². The molecule has 15 heteroatoms. The lowest BCUT2D eigenvalue weighted by molar-refractivity contribution is -0.151. The van der Waals surface area contributed by atoms with Crippen LogP contribution in [0.3, 0.4) is 0 Å². The molecule has 12 rings (SSSR count). The minimum Gasteiger partial charge on any atom is -0.349 e. The van der Waals surface area contributed by atoms with Crippen molar-refractivity contribution in [2.45, 2.75) is 137 Å². The lowest BCUT2D eigenvalue weighted by Crippen LogP contribution is -2.63. The number of fused-ring (bicyclic) bond motifs is 7. The van der Waals surface area contributed by atoms with Crippen LogP contribution in [0.5, 0.6) is 0 Å². The molecule has 9 aliphatic rings. The molecule has 4 N–H and O–H groups in total. The van der Waals surface area contributed by atoms with Crippen molar-refractivity contribution in [2.24, 2.45) is 11.3 Å². The minimum atomic E-state index is -1.53. The van der Waals surface area contributed by atoms with Crippen LogP contribution in [0.25, 0.3) is 0 Å². The summed E-state index contributed by atoms with van der Waals surface area (Å²) in [4.78, 5) is 85.2. The molecule has 5 heterocycles. The molecule has 4 saturated carbocycles. The Labute approximate surface area is 386 Å². The molecule has 4 atom stereocenters. The molecule has 0 radical (unpaired) electrons. The first-order valence-corrected chi connectivity index (χ1v) is 24.0. The van der Waals surface area contributed by atoms with Gasteiger partial charge < -0.3 is 20.4 Å². The summed E-state index contributed by atoms with van der Waals surface area (Å²) in [5.41, 5.74) is -1.01. The van der Waals surface area contributed by atoms with Gasteiger partial charge in [0.25, 0.3) is 5.91 Å². The zero-order valence-electron chi connectivity index (χ0n) is 37.2. The molecule has 348 valence electrons. The Hall–Kier alpha value is -6.01. The van der Waals surface area contributed by atoms with Crippen LogP contribution in [0.1, 0.15) is 135 Å². The van der Waals surface area contributed by atoms with Crippen molar-refractivity contribution in [1.82, 2.24) is 25.8 Å². The van der Waals surface area contributed by atoms with E-state index >= 15 is 13.6 Å². The van der Waals surface area contributed by atoms with Crippen molar-refractivity contribution in [3.8, 4) is 11.8 Å². The average molecular weight is 915 g/mol. The van der Waals surface area contributed by atoms with E-state index in [-0.39, 0.29) is 54.3 Å². The number of rotatable bonds is 5. The van der Waals surface area contributed by atoms with E-state index < -0.39 is 75.1 Å². The molecule has 1 unspecified atom stereocenters. The van der Waals surface area contributed by atoms with Crippen LogP contribution < -0.4 is 21.3 Å². The number of likely N-dealkylation sites (tertiary alicyclic amines) is 1. The van der Waals surface area contributed by atoms with Gasteiger partial charge in [0.05, 0.1) is 6.04 Å². The Morgan fingerprint density at radius 1 is 0.806 bits per heavy atom. The molecule has 0 aromatic heterocycles. The third-order valence-corrected chi connectivity index (χ3v) is 17.2. The van der Waals surface area contributed by atoms with E-state index in [1.165, 1.54) is 29.2 Å². The predicted molar refractivity (Wildman–Crippen MR) is 238 cm³/mol. The van der Waals surface area contributed by atoms with E-state index in [1.54, 1.807) is 18.2 Å². The van der Waals surface area contributed by atoms with Crippen molar-refractivity contribution >= 4 is 41.1 Å². The Balaban J connectivity index is 0.773. The Bertz CT molecular complexity index is 2690. The number of hydrogen-bond acceptors (Lipinski definition) is 7. The van der Waals surface area contributed by atoms with Gasteiger partial charge in [-0.2, -0.15) is 0 Å². The van der Waals surface area contributed by atoms with Crippen LogP contribution in [0, 0.1) is 40.6 Å². The minimum absolute atomic E-state index is 0.0482. The lowest BCUT2D eigenvalue weighted by Gasteiger charge is -2.54. The Morgan fingerprint density at radius 3 is 2.27 bits per heavy atom. The van der Waals surface area contributed by atoms with Crippen LogP contribution in [0.4, 0.5) is 18.9 Å². The molecule has 3 aromatic carbocycles. The second-order valence-electron chi connectivity index (χ2n) is 20.5. The summed E-state index contributed by atoms with van der Waals surface area (Å²) in [5, 5.41) is 12.2. The summed E-state index contributed by atoms with van der Waals surface area (Å²) in [7, 11) is 0. The standard InChI is InChI=1S/C52H53F3N6O6/c53-32-12-13-36-38(28-32)56-47(66)52(36)41(34-8-5-9-37(54)42(34)55)43(58-51(52)18-2-1-3-19-51)45(64)59-50-23-20-49(21-24-50,22-25-50)48(67)60-26-16-30(17-27-60)10-11-31-6-4-7-33-35(31)29-61(46(33)65)39-14-15-40(62)57-44(39)63/h4-9,12-13,28,30,39,41,43,58H,1-3,14-27,29H2,(H,56,66)(H,59,64)(H,57,62,63)/t39?,41-,43+,49?,50?,52+/m0/s1.